The maximum atomic E-state index is 12.7. The van der Waals surface area contributed by atoms with Crippen molar-refractivity contribution in [2.75, 3.05) is 13.2 Å². The van der Waals surface area contributed by atoms with Gasteiger partial charge in [-0.15, -0.1) is 11.3 Å². The summed E-state index contributed by atoms with van der Waals surface area (Å²) in [6, 6.07) is 2.01. The van der Waals surface area contributed by atoms with Crippen molar-refractivity contribution in [1.29, 1.82) is 0 Å². The number of aromatic nitrogens is 2. The van der Waals surface area contributed by atoms with Crippen molar-refractivity contribution in [3.63, 3.8) is 0 Å². The maximum Gasteiger partial charge on any atom is 0.262 e. The topological polar surface area (TPSA) is 64.4 Å². The molecule has 128 valence electrons. The van der Waals surface area contributed by atoms with E-state index >= 15 is 0 Å². The van der Waals surface area contributed by atoms with Gasteiger partial charge >= 0.3 is 0 Å². The van der Waals surface area contributed by atoms with Crippen molar-refractivity contribution in [2.45, 2.75) is 50.8 Å². The van der Waals surface area contributed by atoms with Gasteiger partial charge in [-0.3, -0.25) is 14.2 Å². The maximum absolute atomic E-state index is 12.7. The van der Waals surface area contributed by atoms with Gasteiger partial charge in [0.1, 0.15) is 4.83 Å². The molecule has 0 spiro atoms. The summed E-state index contributed by atoms with van der Waals surface area (Å²) in [5.74, 6) is 0.118. The highest BCUT2D eigenvalue weighted by Gasteiger charge is 2.36. The smallest absolute Gasteiger partial charge is 0.262 e. The highest BCUT2D eigenvalue weighted by molar-refractivity contribution is 7.16. The van der Waals surface area contributed by atoms with Crippen LogP contribution in [0, 0.1) is 0 Å². The normalized spacial score (nSPS) is 24.1. The van der Waals surface area contributed by atoms with E-state index in [9.17, 15) is 9.59 Å². The van der Waals surface area contributed by atoms with Gasteiger partial charge in [0.05, 0.1) is 30.5 Å². The summed E-state index contributed by atoms with van der Waals surface area (Å²) in [6.07, 6.45) is 6.50. The molecule has 3 heterocycles. The molecule has 1 saturated heterocycles. The van der Waals surface area contributed by atoms with Crippen molar-refractivity contribution in [1.82, 2.24) is 14.5 Å². The van der Waals surface area contributed by atoms with Gasteiger partial charge in [-0.05, 0) is 24.3 Å². The lowest BCUT2D eigenvalue weighted by Gasteiger charge is -2.43. The zero-order chi connectivity index (χ0) is 16.5. The molecule has 2 aromatic heterocycles. The Morgan fingerprint density at radius 3 is 3.17 bits per heavy atom. The lowest BCUT2D eigenvalue weighted by Crippen LogP contribution is -2.55. The number of aryl methyl sites for hydroxylation is 1. The van der Waals surface area contributed by atoms with Gasteiger partial charge in [0.2, 0.25) is 5.91 Å². The first-order valence-electron chi connectivity index (χ1n) is 8.58. The predicted octanol–water partition coefficient (Wildman–Crippen LogP) is 2.02. The minimum Gasteiger partial charge on any atom is -0.374 e. The zero-order valence-electron chi connectivity index (χ0n) is 13.5. The molecular weight excluding hydrogens is 326 g/mol. The first-order chi connectivity index (χ1) is 11.7. The molecule has 24 heavy (non-hydrogen) atoms. The summed E-state index contributed by atoms with van der Waals surface area (Å²) < 4.78 is 7.37. The van der Waals surface area contributed by atoms with E-state index in [1.807, 2.05) is 10.3 Å². The fraction of sp³-hybridized carbons (Fsp3) is 0.588. The SMILES string of the molecule is O=C(CCn1cnc2sccc2c1=O)N1CCOC2CCCCC21. The second-order valence-electron chi connectivity index (χ2n) is 6.48. The van der Waals surface area contributed by atoms with Crippen LogP contribution in [-0.2, 0) is 16.1 Å². The van der Waals surface area contributed by atoms with Crippen molar-refractivity contribution in [3.05, 3.63) is 28.1 Å². The molecule has 2 atom stereocenters. The Labute approximate surface area is 144 Å². The van der Waals surface area contributed by atoms with Crippen LogP contribution in [0.5, 0.6) is 0 Å². The van der Waals surface area contributed by atoms with E-state index in [1.54, 1.807) is 17.0 Å². The average molecular weight is 347 g/mol. The first kappa shape index (κ1) is 15.8. The van der Waals surface area contributed by atoms with Crippen LogP contribution in [0.25, 0.3) is 10.2 Å². The number of carbonyl (C=O) groups excluding carboxylic acids is 1. The third-order valence-electron chi connectivity index (χ3n) is 5.07. The van der Waals surface area contributed by atoms with Crippen LogP contribution in [0.3, 0.4) is 0 Å². The van der Waals surface area contributed by atoms with Gasteiger partial charge in [0.25, 0.3) is 5.56 Å². The Morgan fingerprint density at radius 1 is 1.38 bits per heavy atom. The number of carbonyl (C=O) groups is 1. The van der Waals surface area contributed by atoms with Crippen molar-refractivity contribution < 1.29 is 9.53 Å². The van der Waals surface area contributed by atoms with Crippen LogP contribution in [0.15, 0.2) is 22.6 Å². The Hall–Kier alpha value is -1.73. The summed E-state index contributed by atoms with van der Waals surface area (Å²) in [5, 5.41) is 2.50. The van der Waals surface area contributed by atoms with E-state index in [-0.39, 0.29) is 23.6 Å². The summed E-state index contributed by atoms with van der Waals surface area (Å²) in [6.45, 7) is 1.66. The lowest BCUT2D eigenvalue weighted by atomic mass is 9.90. The number of nitrogens with zero attached hydrogens (tertiary/aromatic N) is 3. The molecule has 2 aliphatic rings. The number of amides is 1. The molecule has 1 saturated carbocycles. The molecule has 4 rings (SSSR count). The first-order valence-corrected chi connectivity index (χ1v) is 9.46. The Bertz CT molecular complexity index is 798. The van der Waals surface area contributed by atoms with Crippen LogP contribution in [-0.4, -0.2) is 45.7 Å². The molecular formula is C17H21N3O3S. The van der Waals surface area contributed by atoms with Gasteiger partial charge in [0, 0.05) is 19.5 Å². The minimum absolute atomic E-state index is 0.0634. The molecule has 0 N–H and O–H groups in total. The van der Waals surface area contributed by atoms with Gasteiger partial charge in [-0.25, -0.2) is 4.98 Å². The standard InChI is InChI=1S/C17H21N3O3S/c21-15(20-8-9-23-14-4-2-1-3-13(14)20)5-7-19-11-18-16-12(17(19)22)6-10-24-16/h6,10-11,13-14H,1-5,7-9H2. The Morgan fingerprint density at radius 2 is 2.25 bits per heavy atom. The molecule has 2 aromatic rings. The molecule has 0 radical (unpaired) electrons. The molecule has 2 unspecified atom stereocenters. The number of morpholine rings is 1. The number of ether oxygens (including phenoxy) is 1. The number of fused-ring (bicyclic) bond motifs is 2. The van der Waals surface area contributed by atoms with E-state index in [2.05, 4.69) is 4.98 Å². The van der Waals surface area contributed by atoms with E-state index in [1.165, 1.54) is 17.8 Å². The second kappa shape index (κ2) is 6.64. The van der Waals surface area contributed by atoms with Gasteiger partial charge in [-0.1, -0.05) is 12.8 Å². The Balaban J connectivity index is 1.45. The van der Waals surface area contributed by atoms with Crippen LogP contribution in [0.2, 0.25) is 0 Å². The van der Waals surface area contributed by atoms with Crippen LogP contribution >= 0.6 is 11.3 Å². The highest BCUT2D eigenvalue weighted by atomic mass is 32.1. The van der Waals surface area contributed by atoms with E-state index in [0.717, 1.165) is 24.1 Å². The fourth-order valence-corrected chi connectivity index (χ4v) is 4.54. The number of hydrogen-bond acceptors (Lipinski definition) is 5. The van der Waals surface area contributed by atoms with Gasteiger partial charge in [-0.2, -0.15) is 0 Å². The van der Waals surface area contributed by atoms with E-state index < -0.39 is 0 Å². The highest BCUT2D eigenvalue weighted by Crippen LogP contribution is 2.28. The summed E-state index contributed by atoms with van der Waals surface area (Å²) in [7, 11) is 0. The second-order valence-corrected chi connectivity index (χ2v) is 7.38. The molecule has 1 aliphatic heterocycles. The van der Waals surface area contributed by atoms with Crippen molar-refractivity contribution in [2.24, 2.45) is 0 Å². The molecule has 2 fully saturated rings. The molecule has 1 aliphatic carbocycles. The van der Waals surface area contributed by atoms with Gasteiger partial charge in [0.15, 0.2) is 0 Å². The monoisotopic (exact) mass is 347 g/mol. The molecule has 6 nitrogen and oxygen atoms in total. The predicted molar refractivity (Wildman–Crippen MR) is 92.2 cm³/mol. The zero-order valence-corrected chi connectivity index (χ0v) is 14.3. The average Bonchev–Trinajstić information content (AvgIpc) is 3.10. The van der Waals surface area contributed by atoms with Gasteiger partial charge < -0.3 is 9.64 Å². The quantitative estimate of drug-likeness (QED) is 0.852. The van der Waals surface area contributed by atoms with Crippen LogP contribution in [0.1, 0.15) is 32.1 Å². The number of rotatable bonds is 3. The lowest BCUT2D eigenvalue weighted by molar-refractivity contribution is -0.149. The Kier molecular flexibility index (Phi) is 4.37. The van der Waals surface area contributed by atoms with Crippen molar-refractivity contribution in [3.8, 4) is 0 Å². The van der Waals surface area contributed by atoms with Crippen molar-refractivity contribution >= 4 is 27.5 Å². The van der Waals surface area contributed by atoms with Crippen LogP contribution < -0.4 is 5.56 Å². The summed E-state index contributed by atoms with van der Waals surface area (Å²) in [5.41, 5.74) is -0.0634. The largest absolute Gasteiger partial charge is 0.374 e. The molecule has 0 bridgehead atoms. The number of thiophene rings is 1. The third-order valence-corrected chi connectivity index (χ3v) is 5.89. The fourth-order valence-electron chi connectivity index (χ4n) is 3.82. The molecule has 1 amide bonds. The number of hydrogen-bond donors (Lipinski definition) is 0. The van der Waals surface area contributed by atoms with E-state index in [0.29, 0.717) is 31.5 Å². The van der Waals surface area contributed by atoms with Crippen LogP contribution in [0.4, 0.5) is 0 Å². The molecule has 7 heteroatoms. The minimum atomic E-state index is -0.0634. The molecule has 0 aromatic carbocycles. The summed E-state index contributed by atoms with van der Waals surface area (Å²) >= 11 is 1.46. The van der Waals surface area contributed by atoms with E-state index in [4.69, 9.17) is 4.74 Å². The summed E-state index contributed by atoms with van der Waals surface area (Å²) in [4.78, 5) is 32.1. The third kappa shape index (κ3) is 2.86.